The molecule has 2 unspecified atom stereocenters. The Bertz CT molecular complexity index is 335. The van der Waals surface area contributed by atoms with Crippen LogP contribution in [0.25, 0.3) is 0 Å². The van der Waals surface area contributed by atoms with E-state index in [-0.39, 0.29) is 24.5 Å². The van der Waals surface area contributed by atoms with Crippen LogP contribution in [0.3, 0.4) is 0 Å². The first kappa shape index (κ1) is 13.4. The number of rotatable bonds is 3. The van der Waals surface area contributed by atoms with Crippen molar-refractivity contribution in [1.82, 2.24) is 10.2 Å². The fraction of sp³-hybridized carbons (Fsp3) is 0.667. The Labute approximate surface area is 101 Å². The molecular formula is C12H18N2O3. The Morgan fingerprint density at radius 2 is 2.29 bits per heavy atom. The van der Waals surface area contributed by atoms with E-state index >= 15 is 0 Å². The van der Waals surface area contributed by atoms with Crippen LogP contribution >= 0.6 is 0 Å². The number of nitrogens with zero attached hydrogens (tertiary/aromatic N) is 1. The van der Waals surface area contributed by atoms with Crippen LogP contribution in [-0.2, 0) is 4.79 Å². The Balaban J connectivity index is 2.61. The predicted molar refractivity (Wildman–Crippen MR) is 63.4 cm³/mol. The van der Waals surface area contributed by atoms with E-state index in [0.717, 1.165) is 19.3 Å². The van der Waals surface area contributed by atoms with Crippen LogP contribution in [0.2, 0.25) is 0 Å². The lowest BCUT2D eigenvalue weighted by Gasteiger charge is -2.35. The van der Waals surface area contributed by atoms with Gasteiger partial charge in [-0.1, -0.05) is 5.92 Å². The normalized spacial score (nSPS) is 21.4. The molecule has 2 amide bonds. The summed E-state index contributed by atoms with van der Waals surface area (Å²) >= 11 is 0. The van der Waals surface area contributed by atoms with E-state index in [0.29, 0.717) is 6.54 Å². The lowest BCUT2D eigenvalue weighted by Crippen LogP contribution is -2.51. The summed E-state index contributed by atoms with van der Waals surface area (Å²) in [6.45, 7) is 2.31. The van der Waals surface area contributed by atoms with Crippen molar-refractivity contribution in [3.05, 3.63) is 0 Å². The summed E-state index contributed by atoms with van der Waals surface area (Å²) in [5, 5.41) is 11.5. The lowest BCUT2D eigenvalue weighted by molar-refractivity contribution is -0.138. The van der Waals surface area contributed by atoms with Gasteiger partial charge in [0.1, 0.15) is 0 Å². The van der Waals surface area contributed by atoms with Crippen molar-refractivity contribution in [2.75, 3.05) is 6.54 Å². The highest BCUT2D eigenvalue weighted by Gasteiger charge is 2.28. The Morgan fingerprint density at radius 1 is 1.59 bits per heavy atom. The number of urea groups is 1. The number of amides is 2. The highest BCUT2D eigenvalue weighted by atomic mass is 16.4. The molecule has 1 heterocycles. The molecule has 5 heteroatoms. The summed E-state index contributed by atoms with van der Waals surface area (Å²) in [6, 6.07) is -0.817. The van der Waals surface area contributed by atoms with Crippen LogP contribution in [0.5, 0.6) is 0 Å². The van der Waals surface area contributed by atoms with Crippen LogP contribution < -0.4 is 5.32 Å². The van der Waals surface area contributed by atoms with Gasteiger partial charge in [-0.2, -0.15) is 0 Å². The minimum atomic E-state index is -0.875. The standard InChI is InChI=1S/C12H18N2O3/c1-3-9(2)13-12(17)14-7-5-4-6-10(14)8-11(15)16/h1,9-10H,4-8H2,2H3,(H,13,17)(H,15,16). The minimum absolute atomic E-state index is 0.00213. The van der Waals surface area contributed by atoms with Gasteiger partial charge in [-0.15, -0.1) is 6.42 Å². The quantitative estimate of drug-likeness (QED) is 0.722. The number of carboxylic acid groups (broad SMARTS) is 1. The van der Waals surface area contributed by atoms with Crippen LogP contribution in [0, 0.1) is 12.3 Å². The predicted octanol–water partition coefficient (Wildman–Crippen LogP) is 1.05. The number of carbonyl (C=O) groups is 2. The lowest BCUT2D eigenvalue weighted by atomic mass is 10.00. The maximum Gasteiger partial charge on any atom is 0.318 e. The molecule has 1 saturated heterocycles. The molecule has 1 aliphatic heterocycles. The first-order valence-electron chi connectivity index (χ1n) is 5.79. The van der Waals surface area contributed by atoms with Crippen molar-refractivity contribution in [3.8, 4) is 12.3 Å². The second-order valence-electron chi connectivity index (χ2n) is 4.28. The molecule has 5 nitrogen and oxygen atoms in total. The SMILES string of the molecule is C#CC(C)NC(=O)N1CCCCC1CC(=O)O. The number of carbonyl (C=O) groups excluding carboxylic acids is 1. The average Bonchev–Trinajstić information content (AvgIpc) is 2.28. The van der Waals surface area contributed by atoms with E-state index in [1.807, 2.05) is 0 Å². The number of terminal acetylenes is 1. The molecule has 0 aliphatic carbocycles. The molecule has 2 atom stereocenters. The van der Waals surface area contributed by atoms with Crippen molar-refractivity contribution in [1.29, 1.82) is 0 Å². The molecular weight excluding hydrogens is 220 g/mol. The van der Waals surface area contributed by atoms with Crippen molar-refractivity contribution < 1.29 is 14.7 Å². The molecule has 0 aromatic rings. The third-order valence-electron chi connectivity index (χ3n) is 2.89. The molecule has 17 heavy (non-hydrogen) atoms. The topological polar surface area (TPSA) is 69.6 Å². The summed E-state index contributed by atoms with van der Waals surface area (Å²) < 4.78 is 0. The van der Waals surface area contributed by atoms with Crippen LogP contribution in [-0.4, -0.2) is 40.6 Å². The third-order valence-corrected chi connectivity index (χ3v) is 2.89. The van der Waals surface area contributed by atoms with Crippen molar-refractivity contribution >= 4 is 12.0 Å². The number of likely N-dealkylation sites (tertiary alicyclic amines) is 1. The molecule has 0 spiro atoms. The van der Waals surface area contributed by atoms with Gasteiger partial charge in [-0.25, -0.2) is 4.79 Å². The highest BCUT2D eigenvalue weighted by molar-refractivity contribution is 5.76. The number of hydrogen-bond donors (Lipinski definition) is 2. The van der Waals surface area contributed by atoms with E-state index in [4.69, 9.17) is 11.5 Å². The van der Waals surface area contributed by atoms with Gasteiger partial charge in [0.05, 0.1) is 12.5 Å². The van der Waals surface area contributed by atoms with Gasteiger partial charge in [-0.05, 0) is 26.2 Å². The zero-order valence-electron chi connectivity index (χ0n) is 9.98. The summed E-state index contributed by atoms with van der Waals surface area (Å²) in [4.78, 5) is 24.2. The number of nitrogens with one attached hydrogen (secondary N) is 1. The number of carboxylic acids is 1. The first-order chi connectivity index (χ1) is 8.04. The molecule has 1 fully saturated rings. The Hall–Kier alpha value is -1.70. The molecule has 1 aliphatic rings. The Morgan fingerprint density at radius 3 is 2.88 bits per heavy atom. The highest BCUT2D eigenvalue weighted by Crippen LogP contribution is 2.19. The fourth-order valence-electron chi connectivity index (χ4n) is 1.99. The zero-order chi connectivity index (χ0) is 12.8. The summed E-state index contributed by atoms with van der Waals surface area (Å²) in [5.74, 6) is 1.54. The van der Waals surface area contributed by atoms with Crippen LogP contribution in [0.4, 0.5) is 4.79 Å². The molecule has 0 saturated carbocycles. The largest absolute Gasteiger partial charge is 0.481 e. The average molecular weight is 238 g/mol. The zero-order valence-corrected chi connectivity index (χ0v) is 9.98. The van der Waals surface area contributed by atoms with Crippen LogP contribution in [0.1, 0.15) is 32.6 Å². The van der Waals surface area contributed by atoms with E-state index in [2.05, 4.69) is 11.2 Å². The van der Waals surface area contributed by atoms with Crippen molar-refractivity contribution in [3.63, 3.8) is 0 Å². The van der Waals surface area contributed by atoms with Crippen molar-refractivity contribution in [2.24, 2.45) is 0 Å². The van der Waals surface area contributed by atoms with Gasteiger partial charge in [-0.3, -0.25) is 4.79 Å². The molecule has 2 N–H and O–H groups in total. The van der Waals surface area contributed by atoms with Crippen LogP contribution in [0.15, 0.2) is 0 Å². The second kappa shape index (κ2) is 6.14. The van der Waals surface area contributed by atoms with Gasteiger partial charge in [0.2, 0.25) is 0 Å². The number of aliphatic carboxylic acids is 1. The fourth-order valence-corrected chi connectivity index (χ4v) is 1.99. The van der Waals surface area contributed by atoms with E-state index < -0.39 is 5.97 Å². The van der Waals surface area contributed by atoms with E-state index in [1.54, 1.807) is 11.8 Å². The molecule has 0 radical (unpaired) electrons. The smallest absolute Gasteiger partial charge is 0.318 e. The summed E-state index contributed by atoms with van der Waals surface area (Å²) in [5.41, 5.74) is 0. The molecule has 0 aromatic carbocycles. The van der Waals surface area contributed by atoms with Gasteiger partial charge in [0.25, 0.3) is 0 Å². The summed E-state index contributed by atoms with van der Waals surface area (Å²) in [7, 11) is 0. The van der Waals surface area contributed by atoms with Gasteiger partial charge in [0, 0.05) is 12.6 Å². The van der Waals surface area contributed by atoms with E-state index in [9.17, 15) is 9.59 Å². The maximum absolute atomic E-state index is 11.9. The van der Waals surface area contributed by atoms with Gasteiger partial charge < -0.3 is 15.3 Å². The van der Waals surface area contributed by atoms with Gasteiger partial charge in [0.15, 0.2) is 0 Å². The number of hydrogen-bond acceptors (Lipinski definition) is 2. The Kier molecular flexibility index (Phi) is 4.83. The molecule has 1 rings (SSSR count). The number of piperidine rings is 1. The molecule has 0 aromatic heterocycles. The molecule has 94 valence electrons. The first-order valence-corrected chi connectivity index (χ1v) is 5.79. The second-order valence-corrected chi connectivity index (χ2v) is 4.28. The third kappa shape index (κ3) is 3.99. The minimum Gasteiger partial charge on any atom is -0.481 e. The monoisotopic (exact) mass is 238 g/mol. The molecule has 0 bridgehead atoms. The van der Waals surface area contributed by atoms with E-state index in [1.165, 1.54) is 0 Å². The van der Waals surface area contributed by atoms with Crippen molar-refractivity contribution in [2.45, 2.75) is 44.7 Å². The summed E-state index contributed by atoms with van der Waals surface area (Å²) in [6.07, 6.45) is 7.80. The van der Waals surface area contributed by atoms with Gasteiger partial charge >= 0.3 is 12.0 Å². The maximum atomic E-state index is 11.9.